The van der Waals surface area contributed by atoms with Gasteiger partial charge in [0.1, 0.15) is 5.75 Å². The summed E-state index contributed by atoms with van der Waals surface area (Å²) in [6.07, 6.45) is 6.69. The molecule has 2 aromatic rings. The molecule has 0 aromatic heterocycles. The van der Waals surface area contributed by atoms with Crippen molar-refractivity contribution < 1.29 is 9.90 Å². The number of hydrogen-bond acceptors (Lipinski definition) is 2. The van der Waals surface area contributed by atoms with Crippen molar-refractivity contribution in [2.75, 3.05) is 0 Å². The van der Waals surface area contributed by atoms with Crippen LogP contribution in [0.4, 0.5) is 0 Å². The highest BCUT2D eigenvalue weighted by atomic mass is 35.5. The van der Waals surface area contributed by atoms with Gasteiger partial charge >= 0.3 is 0 Å². The first-order chi connectivity index (χ1) is 9.66. The number of ketones is 1. The fraction of sp³-hybridized carbons (Fsp3) is 0. The Morgan fingerprint density at radius 2 is 1.80 bits per heavy atom. The number of allylic oxidation sites excluding steroid dienone is 3. The predicted molar refractivity (Wildman–Crippen MR) is 82.1 cm³/mol. The first-order valence-corrected chi connectivity index (χ1v) is 6.47. The maximum atomic E-state index is 11.9. The molecule has 0 heterocycles. The highest BCUT2D eigenvalue weighted by Crippen LogP contribution is 2.22. The number of halogens is 1. The van der Waals surface area contributed by atoms with Crippen molar-refractivity contribution in [2.24, 2.45) is 0 Å². The lowest BCUT2D eigenvalue weighted by molar-refractivity contribution is 0.104. The highest BCUT2D eigenvalue weighted by molar-refractivity contribution is 6.31. The number of carbonyl (C=O) groups excluding carboxylic acids is 1. The molecular weight excluding hydrogens is 272 g/mol. The number of phenols is 1. The van der Waals surface area contributed by atoms with E-state index in [-0.39, 0.29) is 17.1 Å². The Morgan fingerprint density at radius 3 is 2.55 bits per heavy atom. The first-order valence-electron chi connectivity index (χ1n) is 6.09. The fourth-order valence-electron chi connectivity index (χ4n) is 1.67. The first kappa shape index (κ1) is 14.1. The van der Waals surface area contributed by atoms with Crippen LogP contribution in [0.1, 0.15) is 15.9 Å². The Morgan fingerprint density at radius 1 is 1.05 bits per heavy atom. The molecule has 0 bridgehead atoms. The molecule has 100 valence electrons. The van der Waals surface area contributed by atoms with E-state index < -0.39 is 0 Å². The van der Waals surface area contributed by atoms with E-state index in [0.29, 0.717) is 5.02 Å². The topological polar surface area (TPSA) is 37.3 Å². The van der Waals surface area contributed by atoms with Gasteiger partial charge in [-0.3, -0.25) is 4.79 Å². The molecule has 0 spiro atoms. The quantitative estimate of drug-likeness (QED) is 0.510. The summed E-state index contributed by atoms with van der Waals surface area (Å²) in [4.78, 5) is 11.9. The van der Waals surface area contributed by atoms with Gasteiger partial charge in [-0.05, 0) is 29.8 Å². The molecule has 2 nitrogen and oxygen atoms in total. The van der Waals surface area contributed by atoms with Crippen molar-refractivity contribution in [2.45, 2.75) is 0 Å². The van der Waals surface area contributed by atoms with E-state index in [1.807, 2.05) is 36.4 Å². The maximum Gasteiger partial charge on any atom is 0.189 e. The molecule has 0 radical (unpaired) electrons. The largest absolute Gasteiger partial charge is 0.507 e. The average Bonchev–Trinajstić information content (AvgIpc) is 2.47. The molecule has 0 unspecified atom stereocenters. The van der Waals surface area contributed by atoms with Crippen LogP contribution in [0.5, 0.6) is 5.75 Å². The molecule has 2 rings (SSSR count). The second-order valence-corrected chi connectivity index (χ2v) is 4.59. The van der Waals surface area contributed by atoms with Crippen LogP contribution in [-0.4, -0.2) is 10.9 Å². The van der Waals surface area contributed by atoms with Gasteiger partial charge in [-0.15, -0.1) is 0 Å². The summed E-state index contributed by atoms with van der Waals surface area (Å²) in [6.45, 7) is 0. The summed E-state index contributed by atoms with van der Waals surface area (Å²) >= 11 is 5.80. The molecule has 0 aliphatic heterocycles. The lowest BCUT2D eigenvalue weighted by atomic mass is 10.1. The van der Waals surface area contributed by atoms with Crippen molar-refractivity contribution in [1.82, 2.24) is 0 Å². The van der Waals surface area contributed by atoms with Crippen LogP contribution < -0.4 is 0 Å². The van der Waals surface area contributed by atoms with E-state index in [4.69, 9.17) is 11.6 Å². The SMILES string of the molecule is O=C(/C=C/C=C\c1ccccc1)c1cc(Cl)ccc1O. The maximum absolute atomic E-state index is 11.9. The number of aromatic hydroxyl groups is 1. The van der Waals surface area contributed by atoms with E-state index >= 15 is 0 Å². The van der Waals surface area contributed by atoms with Crippen LogP contribution in [0.2, 0.25) is 5.02 Å². The smallest absolute Gasteiger partial charge is 0.189 e. The molecule has 0 aliphatic rings. The van der Waals surface area contributed by atoms with Crippen molar-refractivity contribution in [3.05, 3.63) is 82.9 Å². The summed E-state index contributed by atoms with van der Waals surface area (Å²) in [5, 5.41) is 10.0. The Hall–Kier alpha value is -2.32. The highest BCUT2D eigenvalue weighted by Gasteiger charge is 2.08. The third kappa shape index (κ3) is 3.84. The molecule has 0 saturated carbocycles. The van der Waals surface area contributed by atoms with Gasteiger partial charge in [0.25, 0.3) is 0 Å². The second kappa shape index (κ2) is 6.73. The lowest BCUT2D eigenvalue weighted by Crippen LogP contribution is -1.94. The third-order valence-corrected chi connectivity index (χ3v) is 2.91. The molecule has 1 N–H and O–H groups in total. The normalized spacial score (nSPS) is 11.2. The number of benzene rings is 2. The predicted octanol–water partition coefficient (Wildman–Crippen LogP) is 4.50. The van der Waals surface area contributed by atoms with Crippen LogP contribution in [0.25, 0.3) is 6.08 Å². The van der Waals surface area contributed by atoms with Gasteiger partial charge in [-0.25, -0.2) is 0 Å². The molecule has 20 heavy (non-hydrogen) atoms. The minimum absolute atomic E-state index is 0.0731. The van der Waals surface area contributed by atoms with Crippen LogP contribution in [0.15, 0.2) is 66.8 Å². The summed E-state index contributed by atoms with van der Waals surface area (Å²) in [5.41, 5.74) is 1.25. The Kier molecular flexibility index (Phi) is 4.75. The zero-order valence-corrected chi connectivity index (χ0v) is 11.4. The van der Waals surface area contributed by atoms with E-state index in [1.165, 1.54) is 24.3 Å². The van der Waals surface area contributed by atoms with Gasteiger partial charge in [0.2, 0.25) is 0 Å². The zero-order chi connectivity index (χ0) is 14.4. The Labute approximate surface area is 122 Å². The van der Waals surface area contributed by atoms with Gasteiger partial charge < -0.3 is 5.11 Å². The van der Waals surface area contributed by atoms with Crippen molar-refractivity contribution in [3.8, 4) is 5.75 Å². The van der Waals surface area contributed by atoms with Crippen molar-refractivity contribution in [3.63, 3.8) is 0 Å². The fourth-order valence-corrected chi connectivity index (χ4v) is 1.84. The van der Waals surface area contributed by atoms with Crippen LogP contribution in [0, 0.1) is 0 Å². The molecule has 0 amide bonds. The average molecular weight is 285 g/mol. The summed E-state index contributed by atoms with van der Waals surface area (Å²) in [7, 11) is 0. The van der Waals surface area contributed by atoms with Crippen LogP contribution in [-0.2, 0) is 0 Å². The lowest BCUT2D eigenvalue weighted by Gasteiger charge is -2.00. The minimum atomic E-state index is -0.289. The number of rotatable bonds is 4. The molecule has 0 saturated heterocycles. The Bertz CT molecular complexity index is 658. The summed E-state index contributed by atoms with van der Waals surface area (Å²) in [5.74, 6) is -0.362. The summed E-state index contributed by atoms with van der Waals surface area (Å²) < 4.78 is 0. The molecule has 2 aromatic carbocycles. The zero-order valence-electron chi connectivity index (χ0n) is 10.7. The van der Waals surface area contributed by atoms with Crippen LogP contribution in [0.3, 0.4) is 0 Å². The second-order valence-electron chi connectivity index (χ2n) is 4.15. The molecule has 0 fully saturated rings. The number of carbonyl (C=O) groups is 1. The van der Waals surface area contributed by atoms with Gasteiger partial charge in [0.15, 0.2) is 5.78 Å². The monoisotopic (exact) mass is 284 g/mol. The third-order valence-electron chi connectivity index (χ3n) is 2.67. The van der Waals surface area contributed by atoms with E-state index in [1.54, 1.807) is 12.2 Å². The van der Waals surface area contributed by atoms with Crippen molar-refractivity contribution in [1.29, 1.82) is 0 Å². The summed E-state index contributed by atoms with van der Waals surface area (Å²) in [6, 6.07) is 14.2. The number of phenolic OH excluding ortho intramolecular Hbond substituents is 1. The van der Waals surface area contributed by atoms with Gasteiger partial charge in [-0.1, -0.05) is 60.2 Å². The van der Waals surface area contributed by atoms with E-state index in [9.17, 15) is 9.90 Å². The minimum Gasteiger partial charge on any atom is -0.507 e. The molecule has 0 aliphatic carbocycles. The van der Waals surface area contributed by atoms with E-state index in [2.05, 4.69) is 0 Å². The molecule has 0 atom stereocenters. The van der Waals surface area contributed by atoms with Crippen LogP contribution >= 0.6 is 11.6 Å². The van der Waals surface area contributed by atoms with Gasteiger partial charge in [-0.2, -0.15) is 0 Å². The van der Waals surface area contributed by atoms with Gasteiger partial charge in [0.05, 0.1) is 5.56 Å². The van der Waals surface area contributed by atoms with Gasteiger partial charge in [0, 0.05) is 5.02 Å². The van der Waals surface area contributed by atoms with E-state index in [0.717, 1.165) is 5.56 Å². The number of hydrogen-bond donors (Lipinski definition) is 1. The Balaban J connectivity index is 2.06. The molecule has 3 heteroatoms. The van der Waals surface area contributed by atoms with Crippen molar-refractivity contribution >= 4 is 23.5 Å². The molecular formula is C17H13ClO2. The standard InChI is InChI=1S/C17H13ClO2/c18-14-10-11-17(20)15(12-14)16(19)9-5-4-8-13-6-2-1-3-7-13/h1-12,20H/b8-4-,9-5+.